The van der Waals surface area contributed by atoms with Gasteiger partial charge in [0, 0.05) is 5.92 Å². The fraction of sp³-hybridized carbons (Fsp3) is 0.385. The predicted octanol–water partition coefficient (Wildman–Crippen LogP) is 6.14. The van der Waals surface area contributed by atoms with Gasteiger partial charge in [0.25, 0.3) is 0 Å². The van der Waals surface area contributed by atoms with Crippen molar-refractivity contribution in [2.24, 2.45) is 5.92 Å². The Labute approximate surface area is 194 Å². The minimum atomic E-state index is -3.60. The number of benzene rings is 2. The molecule has 0 amide bonds. The van der Waals surface area contributed by atoms with E-state index >= 15 is 0 Å². The summed E-state index contributed by atoms with van der Waals surface area (Å²) in [6.45, 7) is 11.9. The van der Waals surface area contributed by atoms with Gasteiger partial charge in [-0.15, -0.1) is 0 Å². The van der Waals surface area contributed by atoms with Gasteiger partial charge in [-0.1, -0.05) is 75.4 Å². The lowest BCUT2D eigenvalue weighted by Crippen LogP contribution is -2.46. The Bertz CT molecular complexity index is 1050. The molecule has 6 heteroatoms. The molecule has 0 saturated carbocycles. The van der Waals surface area contributed by atoms with Crippen LogP contribution in [0.15, 0.2) is 88.7 Å². The maximum atomic E-state index is 13.2. The van der Waals surface area contributed by atoms with Crippen LogP contribution in [0.2, 0.25) is 18.1 Å². The minimum Gasteiger partial charge on any atom is -0.410 e. The number of allylic oxidation sites excluding steroid dienone is 1. The van der Waals surface area contributed by atoms with Gasteiger partial charge in [-0.25, -0.2) is 8.42 Å². The third-order valence-corrected chi connectivity index (χ3v) is 12.5. The second-order valence-corrected chi connectivity index (χ2v) is 16.5. The van der Waals surface area contributed by atoms with Gasteiger partial charge in [-0.2, -0.15) is 0 Å². The standard InChI is InChI=1S/C26H34O4SSi/c1-26(2,3)32(4,5)30-25-18-24(31(27,28)23-14-10-7-11-15-23)17-16-22(25)20-29-19-21-12-8-6-9-13-21/h6-18,22,25H,19-20H2,1-5H3/t22-,25+/m1/s1. The number of sulfone groups is 1. The number of hydrogen-bond acceptors (Lipinski definition) is 4. The van der Waals surface area contributed by atoms with Crippen LogP contribution in [-0.2, 0) is 25.6 Å². The summed E-state index contributed by atoms with van der Waals surface area (Å²) in [5.41, 5.74) is 1.11. The van der Waals surface area contributed by atoms with Crippen molar-refractivity contribution in [2.75, 3.05) is 6.61 Å². The molecule has 2 aromatic rings. The van der Waals surface area contributed by atoms with Crippen LogP contribution in [0.3, 0.4) is 0 Å². The molecule has 0 heterocycles. The minimum absolute atomic E-state index is 0.00984. The molecule has 2 aromatic carbocycles. The van der Waals surface area contributed by atoms with Gasteiger partial charge in [0.15, 0.2) is 8.32 Å². The Morgan fingerprint density at radius 1 is 0.938 bits per heavy atom. The van der Waals surface area contributed by atoms with Gasteiger partial charge >= 0.3 is 0 Å². The number of ether oxygens (including phenoxy) is 1. The SMILES string of the molecule is CC(C)(C)[Si](C)(C)O[C@H]1C=C(S(=O)(=O)c2ccccc2)C=C[C@@H]1COCc1ccccc1. The summed E-state index contributed by atoms with van der Waals surface area (Å²) < 4.78 is 39.1. The zero-order valence-corrected chi connectivity index (χ0v) is 21.4. The van der Waals surface area contributed by atoms with Crippen molar-refractivity contribution in [3.63, 3.8) is 0 Å². The summed E-state index contributed by atoms with van der Waals surface area (Å²) in [4.78, 5) is 0.576. The van der Waals surface area contributed by atoms with Crippen molar-refractivity contribution in [3.05, 3.63) is 89.4 Å². The van der Waals surface area contributed by atoms with E-state index in [1.54, 1.807) is 36.4 Å². The first-order valence-corrected chi connectivity index (χ1v) is 15.4. The lowest BCUT2D eigenvalue weighted by molar-refractivity contribution is 0.0607. The van der Waals surface area contributed by atoms with Crippen molar-refractivity contribution < 1.29 is 17.6 Å². The highest BCUT2D eigenvalue weighted by Crippen LogP contribution is 2.39. The smallest absolute Gasteiger partial charge is 0.206 e. The quantitative estimate of drug-likeness (QED) is 0.435. The Morgan fingerprint density at radius 2 is 1.53 bits per heavy atom. The molecule has 0 aliphatic heterocycles. The van der Waals surface area contributed by atoms with Gasteiger partial charge in [0.05, 0.1) is 29.1 Å². The molecule has 0 saturated heterocycles. The van der Waals surface area contributed by atoms with Gasteiger partial charge in [-0.3, -0.25) is 0 Å². The molecule has 0 bridgehead atoms. The third-order valence-electron chi connectivity index (χ3n) is 6.28. The molecule has 0 unspecified atom stereocenters. The highest BCUT2D eigenvalue weighted by Gasteiger charge is 2.41. The fourth-order valence-electron chi connectivity index (χ4n) is 3.26. The maximum Gasteiger partial charge on any atom is 0.206 e. The second kappa shape index (κ2) is 9.87. The largest absolute Gasteiger partial charge is 0.410 e. The first-order valence-electron chi connectivity index (χ1n) is 11.0. The maximum absolute atomic E-state index is 13.2. The van der Waals surface area contributed by atoms with E-state index in [2.05, 4.69) is 33.9 Å². The molecule has 32 heavy (non-hydrogen) atoms. The fourth-order valence-corrected chi connectivity index (χ4v) is 5.90. The number of hydrogen-bond donors (Lipinski definition) is 0. The average molecular weight is 471 g/mol. The molecule has 2 atom stereocenters. The molecule has 172 valence electrons. The molecular formula is C26H34O4SSi. The third kappa shape index (κ3) is 5.87. The molecule has 3 rings (SSSR count). The topological polar surface area (TPSA) is 52.6 Å². The van der Waals surface area contributed by atoms with E-state index in [0.29, 0.717) is 18.1 Å². The van der Waals surface area contributed by atoms with E-state index < -0.39 is 18.2 Å². The summed E-state index contributed by atoms with van der Waals surface area (Å²) in [6, 6.07) is 18.6. The van der Waals surface area contributed by atoms with Crippen LogP contribution in [0.4, 0.5) is 0 Å². The van der Waals surface area contributed by atoms with Crippen molar-refractivity contribution in [1.29, 1.82) is 0 Å². The van der Waals surface area contributed by atoms with E-state index in [9.17, 15) is 8.42 Å². The summed E-state index contributed by atoms with van der Waals surface area (Å²) in [5, 5.41) is 0.00984. The molecule has 0 spiro atoms. The lowest BCUT2D eigenvalue weighted by Gasteiger charge is -2.41. The highest BCUT2D eigenvalue weighted by atomic mass is 32.2. The van der Waals surface area contributed by atoms with Crippen molar-refractivity contribution >= 4 is 18.2 Å². The van der Waals surface area contributed by atoms with Crippen LogP contribution in [-0.4, -0.2) is 29.4 Å². The lowest BCUT2D eigenvalue weighted by atomic mass is 9.98. The normalized spacial score (nSPS) is 19.6. The monoisotopic (exact) mass is 470 g/mol. The first-order chi connectivity index (χ1) is 15.0. The first kappa shape index (κ1) is 24.6. The summed E-state index contributed by atoms with van der Waals surface area (Å²) in [7, 11) is -5.74. The Hall–Kier alpha value is -1.99. The Kier molecular flexibility index (Phi) is 7.60. The molecule has 0 radical (unpaired) electrons. The predicted molar refractivity (Wildman–Crippen MR) is 133 cm³/mol. The molecule has 0 N–H and O–H groups in total. The summed E-state index contributed by atoms with van der Waals surface area (Å²) in [6.07, 6.45) is 5.05. The second-order valence-electron chi connectivity index (χ2n) is 9.75. The summed E-state index contributed by atoms with van der Waals surface area (Å²) >= 11 is 0. The highest BCUT2D eigenvalue weighted by molar-refractivity contribution is 7.95. The molecule has 1 aliphatic rings. The van der Waals surface area contributed by atoms with Crippen molar-refractivity contribution in [1.82, 2.24) is 0 Å². The van der Waals surface area contributed by atoms with E-state index in [0.717, 1.165) is 5.56 Å². The average Bonchev–Trinajstić information content (AvgIpc) is 2.75. The van der Waals surface area contributed by atoms with Crippen molar-refractivity contribution in [3.8, 4) is 0 Å². The van der Waals surface area contributed by atoms with Crippen molar-refractivity contribution in [2.45, 2.75) is 56.5 Å². The summed E-state index contributed by atoms with van der Waals surface area (Å²) in [5.74, 6) is -0.0532. The number of rotatable bonds is 8. The van der Waals surface area contributed by atoms with Crippen LogP contribution in [0.5, 0.6) is 0 Å². The van der Waals surface area contributed by atoms with E-state index in [-0.39, 0.29) is 22.0 Å². The van der Waals surface area contributed by atoms with Gasteiger partial charge in [-0.05, 0) is 48.0 Å². The zero-order valence-electron chi connectivity index (χ0n) is 19.6. The Balaban J connectivity index is 1.83. The van der Waals surface area contributed by atoms with E-state index in [1.165, 1.54) is 0 Å². The van der Waals surface area contributed by atoms with Gasteiger partial charge in [0.1, 0.15) is 0 Å². The molecule has 0 aromatic heterocycles. The molecular weight excluding hydrogens is 436 g/mol. The van der Waals surface area contributed by atoms with Crippen LogP contribution >= 0.6 is 0 Å². The zero-order chi connectivity index (χ0) is 23.4. The van der Waals surface area contributed by atoms with Crippen LogP contribution in [0.25, 0.3) is 0 Å². The van der Waals surface area contributed by atoms with E-state index in [4.69, 9.17) is 9.16 Å². The van der Waals surface area contributed by atoms with Crippen LogP contribution in [0.1, 0.15) is 26.3 Å². The van der Waals surface area contributed by atoms with Crippen LogP contribution in [0, 0.1) is 5.92 Å². The van der Waals surface area contributed by atoms with Gasteiger partial charge < -0.3 is 9.16 Å². The molecule has 1 aliphatic carbocycles. The van der Waals surface area contributed by atoms with Gasteiger partial charge in [0.2, 0.25) is 9.84 Å². The Morgan fingerprint density at radius 3 is 2.12 bits per heavy atom. The molecule has 4 nitrogen and oxygen atoms in total. The molecule has 0 fully saturated rings. The van der Waals surface area contributed by atoms with Crippen LogP contribution < -0.4 is 0 Å². The van der Waals surface area contributed by atoms with E-state index in [1.807, 2.05) is 42.5 Å².